The number of ketones is 1. The van der Waals surface area contributed by atoms with Crippen LogP contribution in [0.2, 0.25) is 0 Å². The van der Waals surface area contributed by atoms with Crippen LogP contribution in [0.25, 0.3) is 0 Å². The number of aromatic hydroxyl groups is 2. The van der Waals surface area contributed by atoms with Gasteiger partial charge >= 0.3 is 0 Å². The maximum atomic E-state index is 12.2. The Balaban J connectivity index is 1.94. The van der Waals surface area contributed by atoms with Gasteiger partial charge < -0.3 is 35.8 Å². The molecule has 9 nitrogen and oxygen atoms in total. The van der Waals surface area contributed by atoms with Gasteiger partial charge in [-0.15, -0.1) is 0 Å². The number of aryl methyl sites for hydroxylation is 2. The highest BCUT2D eigenvalue weighted by atomic mass is 16.6. The second-order valence-corrected chi connectivity index (χ2v) is 6.91. The lowest BCUT2D eigenvalue weighted by molar-refractivity contribution is -0.114. The van der Waals surface area contributed by atoms with Crippen molar-refractivity contribution in [3.05, 3.63) is 53.6 Å². The number of phenols is 2. The summed E-state index contributed by atoms with van der Waals surface area (Å²) >= 11 is 0. The van der Waals surface area contributed by atoms with E-state index in [0.717, 1.165) is 11.1 Å². The summed E-state index contributed by atoms with van der Waals surface area (Å²) in [5.41, 5.74) is 7.68. The number of anilines is 1. The Morgan fingerprint density at radius 3 is 2.59 bits per heavy atom. The smallest absolute Gasteiger partial charge is 0.192 e. The zero-order chi connectivity index (χ0) is 23.5. The molecule has 0 amide bonds. The molecule has 0 atom stereocenters. The standard InChI is InChI=1S/C23H29N3O6/c1-25-23(24)26-18-11-16(13-21(22(18)30)32-14-27)5-3-4-6-17(28)9-7-15-8-10-19(29)20(12-15)31-2/h4,6,8,10-13,27,29-30H,3,5,7,9,14H2,1-2H3,(H3,24,25,26). The van der Waals surface area contributed by atoms with Crippen molar-refractivity contribution in [2.75, 3.05) is 26.3 Å². The van der Waals surface area contributed by atoms with Gasteiger partial charge in [0.05, 0.1) is 12.8 Å². The van der Waals surface area contributed by atoms with Crippen LogP contribution in [0.4, 0.5) is 5.69 Å². The molecular formula is C23H29N3O6. The molecule has 0 fully saturated rings. The number of rotatable bonds is 11. The largest absolute Gasteiger partial charge is 0.504 e. The summed E-state index contributed by atoms with van der Waals surface area (Å²) in [6, 6.07) is 8.33. The molecule has 0 aliphatic carbocycles. The molecule has 0 saturated carbocycles. The summed E-state index contributed by atoms with van der Waals surface area (Å²) in [6.07, 6.45) is 5.35. The molecule has 2 aromatic rings. The van der Waals surface area contributed by atoms with Crippen molar-refractivity contribution in [2.24, 2.45) is 10.7 Å². The second-order valence-electron chi connectivity index (χ2n) is 6.91. The highest BCUT2D eigenvalue weighted by Crippen LogP contribution is 2.36. The minimum Gasteiger partial charge on any atom is -0.504 e. The Hall–Kier alpha value is -3.72. The zero-order valence-electron chi connectivity index (χ0n) is 18.2. The van der Waals surface area contributed by atoms with E-state index >= 15 is 0 Å². The topological polar surface area (TPSA) is 147 Å². The number of hydrogen-bond acceptors (Lipinski definition) is 7. The van der Waals surface area contributed by atoms with E-state index in [9.17, 15) is 15.0 Å². The Morgan fingerprint density at radius 2 is 1.91 bits per heavy atom. The number of allylic oxidation sites excluding steroid dienone is 2. The van der Waals surface area contributed by atoms with Crippen LogP contribution in [0.1, 0.15) is 24.0 Å². The zero-order valence-corrected chi connectivity index (χ0v) is 18.2. The number of methoxy groups -OCH3 is 1. The predicted octanol–water partition coefficient (Wildman–Crippen LogP) is 2.48. The van der Waals surface area contributed by atoms with E-state index in [1.807, 2.05) is 0 Å². The fraction of sp³-hybridized carbons (Fsp3) is 0.304. The number of benzene rings is 2. The molecule has 9 heteroatoms. The van der Waals surface area contributed by atoms with Crippen LogP contribution in [0, 0.1) is 0 Å². The Kier molecular flexibility index (Phi) is 9.37. The van der Waals surface area contributed by atoms with Crippen molar-refractivity contribution in [1.82, 2.24) is 0 Å². The monoisotopic (exact) mass is 443 g/mol. The van der Waals surface area contributed by atoms with Gasteiger partial charge in [-0.1, -0.05) is 12.1 Å². The van der Waals surface area contributed by atoms with E-state index in [-0.39, 0.29) is 29.0 Å². The highest BCUT2D eigenvalue weighted by Gasteiger charge is 2.12. The predicted molar refractivity (Wildman–Crippen MR) is 122 cm³/mol. The third kappa shape index (κ3) is 7.21. The van der Waals surface area contributed by atoms with Gasteiger partial charge in [0, 0.05) is 13.5 Å². The Labute approximate surface area is 186 Å². The number of phenolic OH excluding ortho intramolecular Hbond substituents is 2. The number of ether oxygens (including phenoxy) is 2. The second kappa shape index (κ2) is 12.2. The van der Waals surface area contributed by atoms with Crippen LogP contribution in [0.15, 0.2) is 47.5 Å². The van der Waals surface area contributed by atoms with Crippen molar-refractivity contribution in [3.63, 3.8) is 0 Å². The van der Waals surface area contributed by atoms with Gasteiger partial charge in [-0.2, -0.15) is 0 Å². The fourth-order valence-electron chi connectivity index (χ4n) is 2.97. The van der Waals surface area contributed by atoms with E-state index in [0.29, 0.717) is 37.1 Å². The quantitative estimate of drug-likeness (QED) is 0.117. The molecule has 2 aromatic carbocycles. The minimum absolute atomic E-state index is 0.0127. The van der Waals surface area contributed by atoms with Crippen molar-refractivity contribution < 1.29 is 29.6 Å². The van der Waals surface area contributed by atoms with Crippen LogP contribution in [0.3, 0.4) is 0 Å². The first-order valence-electron chi connectivity index (χ1n) is 10.0. The fourth-order valence-corrected chi connectivity index (χ4v) is 2.97. The molecule has 0 unspecified atom stereocenters. The molecule has 32 heavy (non-hydrogen) atoms. The normalized spacial score (nSPS) is 11.5. The number of nitrogens with two attached hydrogens (primary N) is 1. The van der Waals surface area contributed by atoms with Crippen molar-refractivity contribution in [1.29, 1.82) is 0 Å². The Morgan fingerprint density at radius 1 is 1.16 bits per heavy atom. The molecule has 0 bridgehead atoms. The van der Waals surface area contributed by atoms with E-state index in [1.54, 1.807) is 42.5 Å². The Bertz CT molecular complexity index is 988. The summed E-state index contributed by atoms with van der Waals surface area (Å²) in [4.78, 5) is 15.9. The van der Waals surface area contributed by atoms with Crippen molar-refractivity contribution in [3.8, 4) is 23.0 Å². The number of aliphatic hydroxyl groups excluding tert-OH is 1. The summed E-state index contributed by atoms with van der Waals surface area (Å²) < 4.78 is 10.1. The van der Waals surface area contributed by atoms with Gasteiger partial charge in [0.1, 0.15) is 0 Å². The van der Waals surface area contributed by atoms with Crippen LogP contribution < -0.4 is 20.5 Å². The molecule has 2 rings (SSSR count). The van der Waals surface area contributed by atoms with E-state index in [4.69, 9.17) is 20.3 Å². The third-order valence-electron chi connectivity index (χ3n) is 4.67. The van der Waals surface area contributed by atoms with Crippen molar-refractivity contribution >= 4 is 17.4 Å². The number of nitrogens with zero attached hydrogens (tertiary/aromatic N) is 1. The maximum absolute atomic E-state index is 12.2. The summed E-state index contributed by atoms with van der Waals surface area (Å²) in [5.74, 6) is 0.467. The van der Waals surface area contributed by atoms with Gasteiger partial charge in [0.25, 0.3) is 0 Å². The molecule has 6 N–H and O–H groups in total. The van der Waals surface area contributed by atoms with Crippen LogP contribution >= 0.6 is 0 Å². The summed E-state index contributed by atoms with van der Waals surface area (Å²) in [6.45, 7) is -0.588. The molecule has 0 aromatic heterocycles. The molecule has 0 saturated heterocycles. The summed E-state index contributed by atoms with van der Waals surface area (Å²) in [5, 5.41) is 31.7. The average Bonchev–Trinajstić information content (AvgIpc) is 2.79. The van der Waals surface area contributed by atoms with Gasteiger partial charge in [-0.05, 0) is 60.7 Å². The lowest BCUT2D eigenvalue weighted by Crippen LogP contribution is -2.22. The van der Waals surface area contributed by atoms with Gasteiger partial charge in [0.15, 0.2) is 41.5 Å². The van der Waals surface area contributed by atoms with Crippen molar-refractivity contribution in [2.45, 2.75) is 25.7 Å². The number of guanidine groups is 1. The molecule has 0 aliphatic rings. The highest BCUT2D eigenvalue weighted by molar-refractivity contribution is 5.94. The van der Waals surface area contributed by atoms with E-state index in [2.05, 4.69) is 10.3 Å². The lowest BCUT2D eigenvalue weighted by atomic mass is 10.0. The SMILES string of the molecule is CN=C(N)Nc1cc(CCC=CC(=O)CCc2ccc(O)c(OC)c2)cc(OCO)c1O. The van der Waals surface area contributed by atoms with E-state index in [1.165, 1.54) is 14.2 Å². The molecular weight excluding hydrogens is 414 g/mol. The van der Waals surface area contributed by atoms with Gasteiger partial charge in [-0.25, -0.2) is 0 Å². The number of hydrogen-bond donors (Lipinski definition) is 5. The average molecular weight is 444 g/mol. The maximum Gasteiger partial charge on any atom is 0.192 e. The first kappa shape index (κ1) is 24.5. The third-order valence-corrected chi connectivity index (χ3v) is 4.67. The van der Waals surface area contributed by atoms with Gasteiger partial charge in [-0.3, -0.25) is 9.79 Å². The molecule has 0 spiro atoms. The number of carbonyl (C=O) groups excluding carboxylic acids is 1. The van der Waals surface area contributed by atoms with Crippen LogP contribution in [-0.4, -0.2) is 48.0 Å². The first-order valence-corrected chi connectivity index (χ1v) is 10.0. The number of nitrogens with one attached hydrogen (secondary N) is 1. The van der Waals surface area contributed by atoms with E-state index < -0.39 is 6.79 Å². The van der Waals surface area contributed by atoms with Gasteiger partial charge in [0.2, 0.25) is 0 Å². The van der Waals surface area contributed by atoms with Crippen LogP contribution in [-0.2, 0) is 17.6 Å². The number of aliphatic imine (C=N–C) groups is 1. The number of carbonyl (C=O) groups is 1. The molecule has 0 heterocycles. The lowest BCUT2D eigenvalue weighted by Gasteiger charge is -2.13. The van der Waals surface area contributed by atoms with Crippen LogP contribution in [0.5, 0.6) is 23.0 Å². The first-order chi connectivity index (χ1) is 15.4. The molecule has 0 aliphatic heterocycles. The summed E-state index contributed by atoms with van der Waals surface area (Å²) in [7, 11) is 2.99. The number of aliphatic hydroxyl groups is 1. The minimum atomic E-state index is -0.588. The molecule has 0 radical (unpaired) electrons. The molecule has 172 valence electrons.